The number of ether oxygens (including phenoxy) is 3. The molecule has 2 aromatic carbocycles. The number of benzene rings is 2. The summed E-state index contributed by atoms with van der Waals surface area (Å²) in [4.78, 5) is 20.8. The van der Waals surface area contributed by atoms with Crippen molar-refractivity contribution in [3.8, 4) is 11.6 Å². The molecule has 0 spiro atoms. The van der Waals surface area contributed by atoms with E-state index in [2.05, 4.69) is 20.0 Å². The van der Waals surface area contributed by atoms with E-state index in [-0.39, 0.29) is 35.6 Å². The highest BCUT2D eigenvalue weighted by atomic mass is 32.2. The third kappa shape index (κ3) is 6.94. The zero-order chi connectivity index (χ0) is 27.1. The Balaban J connectivity index is 1.74. The molecular weight excluding hydrogens is 500 g/mol. The summed E-state index contributed by atoms with van der Waals surface area (Å²) >= 11 is 0. The van der Waals surface area contributed by atoms with E-state index < -0.39 is 27.4 Å². The van der Waals surface area contributed by atoms with Crippen molar-refractivity contribution in [2.45, 2.75) is 31.5 Å². The first kappa shape index (κ1) is 27.8. The van der Waals surface area contributed by atoms with E-state index in [0.29, 0.717) is 5.69 Å². The summed E-state index contributed by atoms with van der Waals surface area (Å²) in [6, 6.07) is 14.9. The van der Waals surface area contributed by atoms with Crippen LogP contribution in [0.25, 0.3) is 0 Å². The van der Waals surface area contributed by atoms with Crippen molar-refractivity contribution in [2.75, 3.05) is 30.9 Å². The molecule has 1 amide bonds. The summed E-state index contributed by atoms with van der Waals surface area (Å²) in [7, 11) is -1.34. The zero-order valence-corrected chi connectivity index (χ0v) is 21.8. The maximum absolute atomic E-state index is 13.1. The Labute approximate surface area is 215 Å². The smallest absolute Gasteiger partial charge is 0.263 e. The molecular formula is C25H30N4O7S. The van der Waals surface area contributed by atoms with E-state index in [0.717, 1.165) is 11.9 Å². The number of hydrogen-bond acceptors (Lipinski definition) is 9. The standard InChI is InChI=1S/C25H30N4O7S/c1-25(2,15-30)21(36-14-17-8-6-5-7-9-17)23(31)28-18-10-12-19(13-11-18)37(32,33)29-22-20(34-3)24(35-4)27-16-26-22/h5-13,16,21,30H,14-15H2,1-4H3,(H,28,31)(H,26,27,29). The molecule has 1 unspecified atom stereocenters. The number of carbonyl (C=O) groups is 1. The lowest BCUT2D eigenvalue weighted by Gasteiger charge is -2.31. The van der Waals surface area contributed by atoms with Gasteiger partial charge in [-0.3, -0.25) is 9.52 Å². The van der Waals surface area contributed by atoms with Crippen LogP contribution in [0.15, 0.2) is 65.8 Å². The van der Waals surface area contributed by atoms with Gasteiger partial charge in [-0.1, -0.05) is 44.2 Å². The fraction of sp³-hybridized carbons (Fsp3) is 0.320. The van der Waals surface area contributed by atoms with Crippen LogP contribution < -0.4 is 19.5 Å². The molecule has 0 radical (unpaired) electrons. The van der Waals surface area contributed by atoms with Gasteiger partial charge in [0.1, 0.15) is 12.4 Å². The van der Waals surface area contributed by atoms with Gasteiger partial charge in [-0.15, -0.1) is 0 Å². The van der Waals surface area contributed by atoms with Crippen molar-refractivity contribution in [3.63, 3.8) is 0 Å². The van der Waals surface area contributed by atoms with Gasteiger partial charge in [0.2, 0.25) is 5.75 Å². The number of amides is 1. The first-order valence-corrected chi connectivity index (χ1v) is 12.7. The topological polar surface area (TPSA) is 149 Å². The van der Waals surface area contributed by atoms with Gasteiger partial charge in [-0.2, -0.15) is 4.98 Å². The molecule has 0 aliphatic carbocycles. The lowest BCUT2D eigenvalue weighted by molar-refractivity contribution is -0.139. The minimum Gasteiger partial charge on any atom is -0.489 e. The Morgan fingerprint density at radius 3 is 2.30 bits per heavy atom. The predicted octanol–water partition coefficient (Wildman–Crippen LogP) is 2.84. The van der Waals surface area contributed by atoms with Crippen LogP contribution in [0, 0.1) is 5.41 Å². The van der Waals surface area contributed by atoms with Gasteiger partial charge < -0.3 is 24.6 Å². The summed E-state index contributed by atoms with van der Waals surface area (Å²) < 4.78 is 44.3. The van der Waals surface area contributed by atoms with E-state index >= 15 is 0 Å². The quantitative estimate of drug-likeness (QED) is 0.321. The first-order valence-electron chi connectivity index (χ1n) is 11.2. The molecule has 3 rings (SSSR count). The van der Waals surface area contributed by atoms with Gasteiger partial charge >= 0.3 is 0 Å². The Hall–Kier alpha value is -3.74. The molecule has 1 aromatic heterocycles. The van der Waals surface area contributed by atoms with Gasteiger partial charge in [-0.05, 0) is 29.8 Å². The molecule has 1 heterocycles. The zero-order valence-electron chi connectivity index (χ0n) is 21.0. The van der Waals surface area contributed by atoms with Crippen molar-refractivity contribution in [1.82, 2.24) is 9.97 Å². The van der Waals surface area contributed by atoms with Gasteiger partial charge in [0.15, 0.2) is 5.82 Å². The number of methoxy groups -OCH3 is 2. The number of nitrogens with one attached hydrogen (secondary N) is 2. The van der Waals surface area contributed by atoms with Crippen LogP contribution in [-0.2, 0) is 26.2 Å². The summed E-state index contributed by atoms with van der Waals surface area (Å²) in [5, 5.41) is 12.6. The summed E-state index contributed by atoms with van der Waals surface area (Å²) in [6.45, 7) is 3.35. The second kappa shape index (κ2) is 12.0. The number of sulfonamides is 1. The Morgan fingerprint density at radius 2 is 1.70 bits per heavy atom. The van der Waals surface area contributed by atoms with Crippen LogP contribution in [-0.4, -0.2) is 56.3 Å². The maximum Gasteiger partial charge on any atom is 0.263 e. The highest BCUT2D eigenvalue weighted by molar-refractivity contribution is 7.92. The summed E-state index contributed by atoms with van der Waals surface area (Å²) in [5.41, 5.74) is 0.366. The molecule has 0 aliphatic heterocycles. The number of anilines is 2. The lowest BCUT2D eigenvalue weighted by Crippen LogP contribution is -2.44. The highest BCUT2D eigenvalue weighted by Crippen LogP contribution is 2.32. The number of carbonyl (C=O) groups excluding carboxylic acids is 1. The number of aliphatic hydroxyl groups excluding tert-OH is 1. The highest BCUT2D eigenvalue weighted by Gasteiger charge is 2.36. The number of aliphatic hydroxyl groups is 1. The summed E-state index contributed by atoms with van der Waals surface area (Å²) in [5.74, 6) is -0.452. The Bertz CT molecular complexity index is 1300. The van der Waals surface area contributed by atoms with E-state index in [1.54, 1.807) is 13.8 Å². The average Bonchev–Trinajstić information content (AvgIpc) is 2.89. The van der Waals surface area contributed by atoms with Crippen molar-refractivity contribution < 1.29 is 32.5 Å². The van der Waals surface area contributed by atoms with Crippen molar-refractivity contribution in [2.24, 2.45) is 5.41 Å². The van der Waals surface area contributed by atoms with Gasteiger partial charge in [0.25, 0.3) is 21.8 Å². The summed E-state index contributed by atoms with van der Waals surface area (Å²) in [6.07, 6.45) is 0.171. The average molecular weight is 531 g/mol. The molecule has 3 N–H and O–H groups in total. The minimum absolute atomic E-state index is 0.0329. The third-order valence-electron chi connectivity index (χ3n) is 5.45. The molecule has 0 aliphatic rings. The predicted molar refractivity (Wildman–Crippen MR) is 137 cm³/mol. The van der Waals surface area contributed by atoms with Crippen LogP contribution in [0.1, 0.15) is 19.4 Å². The van der Waals surface area contributed by atoms with Crippen LogP contribution in [0.3, 0.4) is 0 Å². The number of hydrogen-bond donors (Lipinski definition) is 3. The second-order valence-corrected chi connectivity index (χ2v) is 10.4. The molecule has 1 atom stereocenters. The Morgan fingerprint density at radius 1 is 1.03 bits per heavy atom. The van der Waals surface area contributed by atoms with E-state index in [9.17, 15) is 18.3 Å². The molecule has 0 fully saturated rings. The molecule has 0 saturated heterocycles. The van der Waals surface area contributed by atoms with E-state index in [4.69, 9.17) is 14.2 Å². The van der Waals surface area contributed by atoms with Crippen LogP contribution in [0.5, 0.6) is 11.6 Å². The van der Waals surface area contributed by atoms with Crippen molar-refractivity contribution in [1.29, 1.82) is 0 Å². The van der Waals surface area contributed by atoms with Gasteiger partial charge in [0.05, 0.1) is 32.3 Å². The largest absolute Gasteiger partial charge is 0.489 e. The van der Waals surface area contributed by atoms with E-state index in [1.807, 2.05) is 30.3 Å². The molecule has 198 valence electrons. The van der Waals surface area contributed by atoms with Crippen LogP contribution in [0.4, 0.5) is 11.5 Å². The Kier molecular flexibility index (Phi) is 9.03. The molecule has 0 bridgehead atoms. The second-order valence-electron chi connectivity index (χ2n) is 8.71. The fourth-order valence-electron chi connectivity index (χ4n) is 3.36. The number of aromatic nitrogens is 2. The van der Waals surface area contributed by atoms with Crippen molar-refractivity contribution in [3.05, 3.63) is 66.5 Å². The molecule has 3 aromatic rings. The SMILES string of the molecule is COc1ncnc(NS(=O)(=O)c2ccc(NC(=O)C(OCc3ccccc3)C(C)(C)CO)cc2)c1OC. The van der Waals surface area contributed by atoms with Crippen molar-refractivity contribution >= 4 is 27.4 Å². The molecule has 12 heteroatoms. The van der Waals surface area contributed by atoms with Gasteiger partial charge in [0, 0.05) is 11.1 Å². The lowest BCUT2D eigenvalue weighted by atomic mass is 9.86. The fourth-order valence-corrected chi connectivity index (χ4v) is 4.38. The van der Waals surface area contributed by atoms with Crippen LogP contribution in [0.2, 0.25) is 0 Å². The molecule has 37 heavy (non-hydrogen) atoms. The van der Waals surface area contributed by atoms with E-state index in [1.165, 1.54) is 38.5 Å². The first-order chi connectivity index (χ1) is 17.6. The maximum atomic E-state index is 13.1. The van der Waals surface area contributed by atoms with Crippen LogP contribution >= 0.6 is 0 Å². The third-order valence-corrected chi connectivity index (χ3v) is 6.80. The normalized spacial score (nSPS) is 12.5. The molecule has 0 saturated carbocycles. The number of rotatable bonds is 12. The number of nitrogens with zero attached hydrogens (tertiary/aromatic N) is 2. The molecule has 11 nitrogen and oxygen atoms in total. The monoisotopic (exact) mass is 530 g/mol. The minimum atomic E-state index is -4.05. The van der Waals surface area contributed by atoms with Gasteiger partial charge in [-0.25, -0.2) is 13.4 Å².